The van der Waals surface area contributed by atoms with E-state index in [9.17, 15) is 9.18 Å². The van der Waals surface area contributed by atoms with Crippen molar-refractivity contribution in [2.75, 3.05) is 5.32 Å². The van der Waals surface area contributed by atoms with Gasteiger partial charge < -0.3 is 9.73 Å². The molecule has 106 valence electrons. The number of anilines is 1. The number of aromatic nitrogens is 2. The highest BCUT2D eigenvalue weighted by Crippen LogP contribution is 2.24. The van der Waals surface area contributed by atoms with Crippen LogP contribution in [0.5, 0.6) is 0 Å². The lowest BCUT2D eigenvalue weighted by Gasteiger charge is -1.99. The van der Waals surface area contributed by atoms with E-state index in [0.29, 0.717) is 27.1 Å². The molecule has 3 aromatic rings. The van der Waals surface area contributed by atoms with Crippen LogP contribution in [0.15, 0.2) is 51.7 Å². The van der Waals surface area contributed by atoms with E-state index in [4.69, 9.17) is 4.42 Å². The quantitative estimate of drug-likeness (QED) is 0.754. The van der Waals surface area contributed by atoms with Gasteiger partial charge in [-0.25, -0.2) is 4.39 Å². The third kappa shape index (κ3) is 3.03. The summed E-state index contributed by atoms with van der Waals surface area (Å²) in [7, 11) is 0. The summed E-state index contributed by atoms with van der Waals surface area (Å²) in [5, 5.41) is 9.34. The fourth-order valence-electron chi connectivity index (χ4n) is 1.83. The second-order valence-corrected chi connectivity index (χ2v) is 5.21. The molecule has 1 aromatic carbocycles. The fraction of sp³-hybridized carbons (Fsp3) is 0. The Labute approximate surface area is 127 Å². The average molecular weight is 350 g/mol. The summed E-state index contributed by atoms with van der Waals surface area (Å²) in [5.41, 5.74) is 1.61. The lowest BCUT2D eigenvalue weighted by Crippen LogP contribution is -2.10. The molecule has 0 radical (unpaired) electrons. The van der Waals surface area contributed by atoms with Crippen molar-refractivity contribution in [1.82, 2.24) is 10.2 Å². The molecule has 3 rings (SSSR count). The fourth-order valence-corrected chi connectivity index (χ4v) is 2.29. The number of amides is 1. The van der Waals surface area contributed by atoms with Crippen LogP contribution in [0, 0.1) is 5.82 Å². The molecule has 21 heavy (non-hydrogen) atoms. The molecule has 7 heteroatoms. The smallest absolute Gasteiger partial charge is 0.260 e. The van der Waals surface area contributed by atoms with E-state index in [1.54, 1.807) is 18.2 Å². The summed E-state index contributed by atoms with van der Waals surface area (Å²) < 4.78 is 18.8. The normalized spacial score (nSPS) is 10.6. The van der Waals surface area contributed by atoms with Crippen molar-refractivity contribution < 1.29 is 13.6 Å². The van der Waals surface area contributed by atoms with Crippen molar-refractivity contribution >= 4 is 27.7 Å². The summed E-state index contributed by atoms with van der Waals surface area (Å²) >= 11 is 3.23. The number of hydrogen-bond donors (Lipinski definition) is 2. The molecule has 0 fully saturated rings. The Morgan fingerprint density at radius 3 is 2.90 bits per heavy atom. The van der Waals surface area contributed by atoms with E-state index in [1.165, 1.54) is 24.7 Å². The highest BCUT2D eigenvalue weighted by Gasteiger charge is 2.11. The van der Waals surface area contributed by atoms with Crippen LogP contribution in [0.25, 0.3) is 11.3 Å². The number of hydrogen-bond acceptors (Lipinski definition) is 3. The first-order chi connectivity index (χ1) is 10.1. The van der Waals surface area contributed by atoms with Gasteiger partial charge in [-0.3, -0.25) is 9.89 Å². The number of aromatic amines is 1. The summed E-state index contributed by atoms with van der Waals surface area (Å²) in [5.74, 6) is -0.350. The van der Waals surface area contributed by atoms with E-state index in [2.05, 4.69) is 31.4 Å². The predicted molar refractivity (Wildman–Crippen MR) is 78.3 cm³/mol. The minimum atomic E-state index is -0.363. The summed E-state index contributed by atoms with van der Waals surface area (Å²) in [6, 6.07) is 7.66. The Bertz CT molecular complexity index is 763. The predicted octanol–water partition coefficient (Wildman–Crippen LogP) is 3.82. The SMILES string of the molecule is O=C(Nc1cc(-c2cc(F)cc(Br)c2)[nH]n1)c1ccoc1. The monoisotopic (exact) mass is 349 g/mol. The van der Waals surface area contributed by atoms with Gasteiger partial charge in [0.05, 0.1) is 17.5 Å². The van der Waals surface area contributed by atoms with Crippen molar-refractivity contribution in [2.45, 2.75) is 0 Å². The molecule has 2 heterocycles. The van der Waals surface area contributed by atoms with Gasteiger partial charge in [0.15, 0.2) is 5.82 Å². The molecule has 0 spiro atoms. The largest absolute Gasteiger partial charge is 0.472 e. The Hall–Kier alpha value is -2.41. The molecule has 0 aliphatic heterocycles. The average Bonchev–Trinajstić information content (AvgIpc) is 3.08. The van der Waals surface area contributed by atoms with Crippen LogP contribution >= 0.6 is 15.9 Å². The van der Waals surface area contributed by atoms with Crippen molar-refractivity contribution in [3.8, 4) is 11.3 Å². The molecule has 1 amide bonds. The number of benzene rings is 1. The molecule has 0 saturated heterocycles. The van der Waals surface area contributed by atoms with Gasteiger partial charge in [-0.2, -0.15) is 5.10 Å². The van der Waals surface area contributed by atoms with Gasteiger partial charge in [0.1, 0.15) is 12.1 Å². The summed E-state index contributed by atoms with van der Waals surface area (Å²) in [4.78, 5) is 11.8. The van der Waals surface area contributed by atoms with E-state index >= 15 is 0 Å². The third-order valence-corrected chi connectivity index (χ3v) is 3.23. The maximum Gasteiger partial charge on any atom is 0.260 e. The Kier molecular flexibility index (Phi) is 3.57. The van der Waals surface area contributed by atoms with Gasteiger partial charge in [-0.15, -0.1) is 0 Å². The molecule has 0 bridgehead atoms. The zero-order valence-electron chi connectivity index (χ0n) is 10.6. The topological polar surface area (TPSA) is 70.9 Å². The number of halogens is 2. The third-order valence-electron chi connectivity index (χ3n) is 2.78. The van der Waals surface area contributed by atoms with Crippen LogP contribution in [0.4, 0.5) is 10.2 Å². The first-order valence-corrected chi connectivity index (χ1v) is 6.76. The minimum absolute atomic E-state index is 0.331. The maximum atomic E-state index is 13.4. The Morgan fingerprint density at radius 2 is 2.19 bits per heavy atom. The number of nitrogens with zero attached hydrogens (tertiary/aromatic N) is 1. The second-order valence-electron chi connectivity index (χ2n) is 4.29. The molecule has 2 N–H and O–H groups in total. The van der Waals surface area contributed by atoms with Crippen LogP contribution in [0.3, 0.4) is 0 Å². The van der Waals surface area contributed by atoms with Crippen molar-refractivity contribution in [2.24, 2.45) is 0 Å². The molecule has 0 aliphatic carbocycles. The number of nitrogens with one attached hydrogen (secondary N) is 2. The van der Waals surface area contributed by atoms with Crippen LogP contribution in [0.2, 0.25) is 0 Å². The Morgan fingerprint density at radius 1 is 1.33 bits per heavy atom. The van der Waals surface area contributed by atoms with E-state index in [1.807, 2.05) is 0 Å². The van der Waals surface area contributed by atoms with Gasteiger partial charge in [0.25, 0.3) is 5.91 Å². The molecule has 2 aromatic heterocycles. The lowest BCUT2D eigenvalue weighted by molar-refractivity contribution is 0.102. The zero-order valence-corrected chi connectivity index (χ0v) is 12.1. The van der Waals surface area contributed by atoms with Gasteiger partial charge in [-0.1, -0.05) is 15.9 Å². The van der Waals surface area contributed by atoms with Crippen LogP contribution in [-0.2, 0) is 0 Å². The molecule has 5 nitrogen and oxygen atoms in total. The summed E-state index contributed by atoms with van der Waals surface area (Å²) in [6.07, 6.45) is 2.75. The number of H-pyrrole nitrogens is 1. The van der Waals surface area contributed by atoms with E-state index in [0.717, 1.165) is 0 Å². The minimum Gasteiger partial charge on any atom is -0.472 e. The standard InChI is InChI=1S/C14H9BrFN3O2/c15-10-3-9(4-11(16)5-10)12-6-13(19-18-12)17-14(20)8-1-2-21-7-8/h1-7H,(H2,17,18,19,20). The zero-order chi connectivity index (χ0) is 14.8. The highest BCUT2D eigenvalue weighted by atomic mass is 79.9. The van der Waals surface area contributed by atoms with E-state index in [-0.39, 0.29) is 11.7 Å². The van der Waals surface area contributed by atoms with Crippen LogP contribution in [0.1, 0.15) is 10.4 Å². The molecule has 0 aliphatic rings. The van der Waals surface area contributed by atoms with Crippen molar-refractivity contribution in [3.05, 3.63) is 58.7 Å². The van der Waals surface area contributed by atoms with Gasteiger partial charge in [0, 0.05) is 16.1 Å². The number of furan rings is 1. The van der Waals surface area contributed by atoms with E-state index < -0.39 is 0 Å². The molecule has 0 unspecified atom stereocenters. The van der Waals surface area contributed by atoms with Gasteiger partial charge >= 0.3 is 0 Å². The first-order valence-electron chi connectivity index (χ1n) is 5.97. The molecular formula is C14H9BrFN3O2. The second kappa shape index (κ2) is 5.53. The molecule has 0 atom stereocenters. The van der Waals surface area contributed by atoms with Crippen LogP contribution in [-0.4, -0.2) is 16.1 Å². The highest BCUT2D eigenvalue weighted by molar-refractivity contribution is 9.10. The molecular weight excluding hydrogens is 341 g/mol. The maximum absolute atomic E-state index is 13.4. The molecule has 0 saturated carbocycles. The van der Waals surface area contributed by atoms with Gasteiger partial charge in [-0.05, 0) is 24.3 Å². The summed E-state index contributed by atoms with van der Waals surface area (Å²) in [6.45, 7) is 0. The van der Waals surface area contributed by atoms with Crippen molar-refractivity contribution in [1.29, 1.82) is 0 Å². The Balaban J connectivity index is 1.81. The van der Waals surface area contributed by atoms with Crippen LogP contribution < -0.4 is 5.32 Å². The number of carbonyl (C=O) groups is 1. The lowest BCUT2D eigenvalue weighted by atomic mass is 10.1. The first kappa shape index (κ1) is 13.6. The number of rotatable bonds is 3. The number of carbonyl (C=O) groups excluding carboxylic acids is 1. The van der Waals surface area contributed by atoms with Gasteiger partial charge in [0.2, 0.25) is 0 Å². The van der Waals surface area contributed by atoms with Crippen molar-refractivity contribution in [3.63, 3.8) is 0 Å².